The van der Waals surface area contributed by atoms with Crippen LogP contribution in [0.1, 0.15) is 12.5 Å². The molecule has 126 valence electrons. The summed E-state index contributed by atoms with van der Waals surface area (Å²) in [6.07, 6.45) is 2.57. The molecular formula is C14H12BrClN4O4. The third-order valence-corrected chi connectivity index (χ3v) is 4.27. The number of pyridine rings is 1. The molecule has 10 heteroatoms. The van der Waals surface area contributed by atoms with Crippen molar-refractivity contribution in [2.75, 3.05) is 12.0 Å². The third-order valence-electron chi connectivity index (χ3n) is 2.82. The Morgan fingerprint density at radius 3 is 2.92 bits per heavy atom. The Kier molecular flexibility index (Phi) is 5.93. The number of nitro groups is 1. The number of ether oxygens (including phenoxy) is 1. The minimum atomic E-state index is -0.537. The van der Waals surface area contributed by atoms with Crippen LogP contribution in [0.25, 0.3) is 0 Å². The van der Waals surface area contributed by atoms with Crippen LogP contribution in [0.4, 0.5) is 11.5 Å². The number of nitrogens with one attached hydrogen (secondary N) is 1. The van der Waals surface area contributed by atoms with Crippen molar-refractivity contribution in [3.05, 3.63) is 49.6 Å². The molecule has 1 aromatic carbocycles. The molecule has 0 saturated heterocycles. The predicted octanol–water partition coefficient (Wildman–Crippen LogP) is 3.96. The van der Waals surface area contributed by atoms with E-state index in [1.807, 2.05) is 0 Å². The van der Waals surface area contributed by atoms with Crippen molar-refractivity contribution in [2.24, 2.45) is 5.10 Å². The minimum Gasteiger partial charge on any atom is -0.503 e. The van der Waals surface area contributed by atoms with Gasteiger partial charge < -0.3 is 9.84 Å². The second kappa shape index (κ2) is 7.93. The van der Waals surface area contributed by atoms with Gasteiger partial charge in [0.2, 0.25) is 0 Å². The van der Waals surface area contributed by atoms with E-state index in [4.69, 9.17) is 16.3 Å². The lowest BCUT2D eigenvalue weighted by Gasteiger charge is -2.10. The van der Waals surface area contributed by atoms with Crippen molar-refractivity contribution in [1.29, 1.82) is 0 Å². The lowest BCUT2D eigenvalue weighted by Crippen LogP contribution is -1.97. The Morgan fingerprint density at radius 1 is 1.58 bits per heavy atom. The molecule has 2 N–H and O–H groups in total. The Labute approximate surface area is 150 Å². The van der Waals surface area contributed by atoms with Gasteiger partial charge in [-0.25, -0.2) is 4.98 Å². The Hall–Kier alpha value is -2.39. The van der Waals surface area contributed by atoms with E-state index in [1.54, 1.807) is 13.0 Å². The fraction of sp³-hybridized carbons (Fsp3) is 0.143. The van der Waals surface area contributed by atoms with Gasteiger partial charge in [-0.2, -0.15) is 5.10 Å². The summed E-state index contributed by atoms with van der Waals surface area (Å²) in [6, 6.07) is 4.31. The van der Waals surface area contributed by atoms with Crippen molar-refractivity contribution >= 4 is 45.3 Å². The highest BCUT2D eigenvalue weighted by atomic mass is 79.9. The van der Waals surface area contributed by atoms with E-state index in [9.17, 15) is 15.2 Å². The first-order chi connectivity index (χ1) is 11.4. The van der Waals surface area contributed by atoms with Crippen LogP contribution in [0.5, 0.6) is 11.5 Å². The molecule has 0 aliphatic carbocycles. The summed E-state index contributed by atoms with van der Waals surface area (Å²) in [6.45, 7) is 2.15. The summed E-state index contributed by atoms with van der Waals surface area (Å²) in [4.78, 5) is 13.9. The number of benzene rings is 1. The van der Waals surface area contributed by atoms with Crippen LogP contribution in [-0.2, 0) is 0 Å². The van der Waals surface area contributed by atoms with Crippen LogP contribution < -0.4 is 10.2 Å². The van der Waals surface area contributed by atoms with E-state index in [0.717, 1.165) is 6.20 Å². The highest BCUT2D eigenvalue weighted by Gasteiger charge is 2.14. The lowest BCUT2D eigenvalue weighted by atomic mass is 10.2. The first kappa shape index (κ1) is 18.0. The van der Waals surface area contributed by atoms with E-state index < -0.39 is 4.92 Å². The second-order valence-electron chi connectivity index (χ2n) is 4.40. The highest BCUT2D eigenvalue weighted by Crippen LogP contribution is 2.41. The molecule has 0 amide bonds. The molecule has 1 heterocycles. The molecule has 0 saturated carbocycles. The first-order valence-electron chi connectivity index (χ1n) is 6.67. The number of hydrogen-bond donors (Lipinski definition) is 2. The number of halogens is 2. The van der Waals surface area contributed by atoms with E-state index >= 15 is 0 Å². The summed E-state index contributed by atoms with van der Waals surface area (Å²) >= 11 is 9.30. The van der Waals surface area contributed by atoms with Crippen LogP contribution in [0, 0.1) is 10.1 Å². The van der Waals surface area contributed by atoms with Gasteiger partial charge in [-0.1, -0.05) is 11.6 Å². The van der Waals surface area contributed by atoms with Crippen LogP contribution in [0.3, 0.4) is 0 Å². The number of aromatic hydroxyl groups is 1. The fourth-order valence-electron chi connectivity index (χ4n) is 1.70. The number of nitrogens with zero attached hydrogens (tertiary/aromatic N) is 3. The van der Waals surface area contributed by atoms with Gasteiger partial charge in [0, 0.05) is 16.1 Å². The maximum absolute atomic E-state index is 10.6. The molecule has 0 aliphatic heterocycles. The Balaban J connectivity index is 2.18. The van der Waals surface area contributed by atoms with E-state index in [-0.39, 0.29) is 22.2 Å². The average molecular weight is 416 g/mol. The number of hydrogen-bond acceptors (Lipinski definition) is 7. The van der Waals surface area contributed by atoms with E-state index in [0.29, 0.717) is 22.5 Å². The minimum absolute atomic E-state index is 0.107. The number of rotatable bonds is 6. The van der Waals surface area contributed by atoms with E-state index in [2.05, 4.69) is 31.4 Å². The average Bonchev–Trinajstić information content (AvgIpc) is 2.57. The Bertz CT molecular complexity index is 783. The van der Waals surface area contributed by atoms with Gasteiger partial charge in [-0.05, 0) is 35.0 Å². The van der Waals surface area contributed by atoms with Gasteiger partial charge in [0.05, 0.1) is 17.7 Å². The molecule has 0 aliphatic rings. The van der Waals surface area contributed by atoms with Crippen molar-refractivity contribution < 1.29 is 14.8 Å². The number of phenols is 1. The molecule has 0 bridgehead atoms. The fourth-order valence-corrected chi connectivity index (χ4v) is 2.31. The van der Waals surface area contributed by atoms with Crippen LogP contribution in [0.2, 0.25) is 5.02 Å². The number of anilines is 1. The normalized spacial score (nSPS) is 10.8. The first-order valence-corrected chi connectivity index (χ1v) is 7.84. The SMILES string of the molecule is CCOc1cc(/C=N/Nc2ccc([N+](=O)[O-])cn2)c(Br)c(Cl)c1O. The van der Waals surface area contributed by atoms with Crippen molar-refractivity contribution in [3.8, 4) is 11.5 Å². The zero-order valence-corrected chi connectivity index (χ0v) is 14.7. The van der Waals surface area contributed by atoms with Gasteiger partial charge in [-0.3, -0.25) is 15.5 Å². The lowest BCUT2D eigenvalue weighted by molar-refractivity contribution is -0.385. The topological polar surface area (TPSA) is 110 Å². The maximum Gasteiger partial charge on any atom is 0.287 e. The summed E-state index contributed by atoms with van der Waals surface area (Å²) < 4.78 is 5.75. The molecule has 0 spiro atoms. The summed E-state index contributed by atoms with van der Waals surface area (Å²) in [5.74, 6) is 0.413. The molecule has 1 aromatic heterocycles. The summed E-state index contributed by atoms with van der Waals surface area (Å²) in [7, 11) is 0. The largest absolute Gasteiger partial charge is 0.503 e. The highest BCUT2D eigenvalue weighted by molar-refractivity contribution is 9.10. The van der Waals surface area contributed by atoms with Crippen LogP contribution in [0.15, 0.2) is 34.0 Å². The number of aromatic nitrogens is 1. The number of hydrazone groups is 1. The standard InChI is InChI=1S/C14H12BrClN4O4/c1-2-24-10-5-8(12(15)13(16)14(10)21)6-18-19-11-4-3-9(7-17-11)20(22)23/h3-7,21H,2H2,1H3,(H,17,19)/b18-6+. The second-order valence-corrected chi connectivity index (χ2v) is 5.57. The Morgan fingerprint density at radius 2 is 2.33 bits per heavy atom. The van der Waals surface area contributed by atoms with Gasteiger partial charge >= 0.3 is 0 Å². The summed E-state index contributed by atoms with van der Waals surface area (Å²) in [5.41, 5.74) is 3.09. The quantitative estimate of drug-likeness (QED) is 0.420. The number of phenolic OH excluding ortho intramolecular Hbond substituents is 1. The van der Waals surface area contributed by atoms with Crippen LogP contribution >= 0.6 is 27.5 Å². The van der Waals surface area contributed by atoms with Gasteiger partial charge in [0.1, 0.15) is 17.0 Å². The molecule has 24 heavy (non-hydrogen) atoms. The molecule has 0 atom stereocenters. The smallest absolute Gasteiger partial charge is 0.287 e. The molecule has 0 unspecified atom stereocenters. The van der Waals surface area contributed by atoms with Gasteiger partial charge in [0.15, 0.2) is 11.5 Å². The zero-order chi connectivity index (χ0) is 17.7. The van der Waals surface area contributed by atoms with Gasteiger partial charge in [0.25, 0.3) is 5.69 Å². The third kappa shape index (κ3) is 4.12. The van der Waals surface area contributed by atoms with Gasteiger partial charge in [-0.15, -0.1) is 0 Å². The summed E-state index contributed by atoms with van der Waals surface area (Å²) in [5, 5.41) is 24.5. The molecular weight excluding hydrogens is 404 g/mol. The van der Waals surface area contributed by atoms with Crippen molar-refractivity contribution in [3.63, 3.8) is 0 Å². The molecule has 8 nitrogen and oxygen atoms in total. The molecule has 0 fully saturated rings. The monoisotopic (exact) mass is 414 g/mol. The zero-order valence-electron chi connectivity index (χ0n) is 12.4. The van der Waals surface area contributed by atoms with Crippen molar-refractivity contribution in [2.45, 2.75) is 6.92 Å². The van der Waals surface area contributed by atoms with Crippen molar-refractivity contribution in [1.82, 2.24) is 4.98 Å². The predicted molar refractivity (Wildman–Crippen MR) is 94.1 cm³/mol. The van der Waals surface area contributed by atoms with Crippen LogP contribution in [-0.4, -0.2) is 27.8 Å². The maximum atomic E-state index is 10.6. The molecule has 2 aromatic rings. The molecule has 0 radical (unpaired) electrons. The van der Waals surface area contributed by atoms with E-state index in [1.165, 1.54) is 18.3 Å². The molecule has 2 rings (SSSR count).